The number of esters is 1. The molecule has 110 valence electrons. The predicted molar refractivity (Wildman–Crippen MR) is 78.6 cm³/mol. The Morgan fingerprint density at radius 3 is 2.86 bits per heavy atom. The molecule has 0 unspecified atom stereocenters. The molecule has 5 nitrogen and oxygen atoms in total. The van der Waals surface area contributed by atoms with E-state index >= 15 is 0 Å². The van der Waals surface area contributed by atoms with Gasteiger partial charge in [-0.05, 0) is 32.0 Å². The zero-order valence-corrected chi connectivity index (χ0v) is 13.0. The molecule has 0 fully saturated rings. The summed E-state index contributed by atoms with van der Waals surface area (Å²) in [4.78, 5) is 27.9. The third-order valence-corrected chi connectivity index (χ3v) is 3.72. The third kappa shape index (κ3) is 3.80. The molecule has 0 radical (unpaired) electrons. The highest BCUT2D eigenvalue weighted by Crippen LogP contribution is 2.14. The molecule has 0 atom stereocenters. The van der Waals surface area contributed by atoms with E-state index in [1.54, 1.807) is 32.0 Å². The monoisotopic (exact) mass is 325 g/mol. The van der Waals surface area contributed by atoms with Crippen LogP contribution >= 0.6 is 22.9 Å². The molecule has 7 heteroatoms. The fourth-order valence-corrected chi connectivity index (χ4v) is 2.54. The van der Waals surface area contributed by atoms with Gasteiger partial charge in [-0.3, -0.25) is 4.79 Å². The predicted octanol–water partition coefficient (Wildman–Crippen LogP) is 3.22. The van der Waals surface area contributed by atoms with Crippen LogP contribution in [0.1, 0.15) is 32.7 Å². The van der Waals surface area contributed by atoms with E-state index in [-0.39, 0.29) is 11.5 Å². The van der Waals surface area contributed by atoms with Gasteiger partial charge in [0.05, 0.1) is 6.61 Å². The van der Waals surface area contributed by atoms with E-state index in [1.165, 1.54) is 6.07 Å². The number of hydrogen-bond acceptors (Lipinski definition) is 5. The van der Waals surface area contributed by atoms with Crippen molar-refractivity contribution in [3.63, 3.8) is 0 Å². The van der Waals surface area contributed by atoms with E-state index in [9.17, 15) is 9.59 Å². The van der Waals surface area contributed by atoms with Crippen molar-refractivity contribution in [3.8, 4) is 0 Å². The van der Waals surface area contributed by atoms with Crippen LogP contribution in [0.5, 0.6) is 0 Å². The van der Waals surface area contributed by atoms with E-state index in [0.29, 0.717) is 21.2 Å². The molecule has 0 aliphatic carbocycles. The molecule has 1 heterocycles. The molecule has 0 N–H and O–H groups in total. The largest absolute Gasteiger partial charge is 0.462 e. The van der Waals surface area contributed by atoms with E-state index in [1.807, 2.05) is 0 Å². The number of carbonyl (C=O) groups excluding carboxylic acids is 2. The first kappa shape index (κ1) is 15.5. The number of ether oxygens (including phenoxy) is 1. The smallest absolute Gasteiger partial charge is 0.351 e. The van der Waals surface area contributed by atoms with Crippen molar-refractivity contribution in [2.45, 2.75) is 13.8 Å². The summed E-state index contributed by atoms with van der Waals surface area (Å²) >= 11 is 6.79. The maximum Gasteiger partial charge on any atom is 0.351 e. The molecule has 1 amide bonds. The standard InChI is InChI=1S/C14H12ClNO4S/c1-3-19-13(18)11-8(2)20-14(21-11)16-12(17)9-5-4-6-10(15)7-9/h4-7H,3H2,1-2H3. The quantitative estimate of drug-likeness (QED) is 0.812. The van der Waals surface area contributed by atoms with Crippen molar-refractivity contribution in [3.05, 3.63) is 50.4 Å². The molecular formula is C14H12ClNO4S. The van der Waals surface area contributed by atoms with E-state index in [2.05, 4.69) is 4.99 Å². The second kappa shape index (κ2) is 6.69. The molecular weight excluding hydrogens is 314 g/mol. The van der Waals surface area contributed by atoms with Gasteiger partial charge in [-0.1, -0.05) is 29.0 Å². The highest BCUT2D eigenvalue weighted by Gasteiger charge is 2.16. The molecule has 0 saturated heterocycles. The van der Waals surface area contributed by atoms with E-state index in [4.69, 9.17) is 20.8 Å². The first-order valence-corrected chi connectivity index (χ1v) is 7.33. The van der Waals surface area contributed by atoms with Crippen molar-refractivity contribution in [1.82, 2.24) is 0 Å². The number of carbonyl (C=O) groups is 2. The Labute approximate surface area is 129 Å². The Kier molecular flexibility index (Phi) is 4.93. The second-order valence-electron chi connectivity index (χ2n) is 4.00. The number of halogens is 1. The van der Waals surface area contributed by atoms with Gasteiger partial charge in [0.2, 0.25) is 0 Å². The van der Waals surface area contributed by atoms with Crippen LogP contribution in [0.15, 0.2) is 33.7 Å². The minimum atomic E-state index is -0.488. The van der Waals surface area contributed by atoms with Crippen LogP contribution < -0.4 is 4.87 Å². The number of nitrogens with zero attached hydrogens (tertiary/aromatic N) is 1. The number of aryl methyl sites for hydroxylation is 1. The normalized spacial score (nSPS) is 11.5. The zero-order valence-electron chi connectivity index (χ0n) is 11.4. The Bertz CT molecular complexity index is 747. The molecule has 21 heavy (non-hydrogen) atoms. The third-order valence-electron chi connectivity index (χ3n) is 2.47. The first-order chi connectivity index (χ1) is 10.0. The molecule has 1 aromatic carbocycles. The maximum atomic E-state index is 12.0. The number of hydrogen-bond donors (Lipinski definition) is 0. The summed E-state index contributed by atoms with van der Waals surface area (Å²) in [7, 11) is 0. The lowest BCUT2D eigenvalue weighted by atomic mass is 10.2. The summed E-state index contributed by atoms with van der Waals surface area (Å²) in [5, 5.41) is 0.447. The first-order valence-electron chi connectivity index (χ1n) is 6.13. The molecule has 0 saturated carbocycles. The van der Waals surface area contributed by atoms with Crippen molar-refractivity contribution < 1.29 is 18.7 Å². The Morgan fingerprint density at radius 2 is 2.19 bits per heavy atom. The molecule has 2 aromatic rings. The number of benzene rings is 1. The van der Waals surface area contributed by atoms with Crippen LogP contribution in [-0.2, 0) is 4.74 Å². The number of rotatable bonds is 3. The minimum Gasteiger partial charge on any atom is -0.462 e. The average molecular weight is 326 g/mol. The van der Waals surface area contributed by atoms with E-state index in [0.717, 1.165) is 11.3 Å². The van der Waals surface area contributed by atoms with Crippen LogP contribution in [0.4, 0.5) is 0 Å². The van der Waals surface area contributed by atoms with Gasteiger partial charge in [-0.25, -0.2) is 4.79 Å². The number of amides is 1. The van der Waals surface area contributed by atoms with Gasteiger partial charge in [0.15, 0.2) is 4.88 Å². The van der Waals surface area contributed by atoms with Gasteiger partial charge in [0.1, 0.15) is 5.76 Å². The summed E-state index contributed by atoms with van der Waals surface area (Å²) < 4.78 is 10.2. The van der Waals surface area contributed by atoms with Crippen LogP contribution in [0.3, 0.4) is 0 Å². The molecule has 0 aliphatic heterocycles. The van der Waals surface area contributed by atoms with E-state index < -0.39 is 11.9 Å². The SMILES string of the molecule is CCOC(=O)c1sc(=NC(=O)c2cccc(Cl)c2)oc1C. The van der Waals surface area contributed by atoms with Crippen LogP contribution in [-0.4, -0.2) is 18.5 Å². The van der Waals surface area contributed by atoms with Crippen molar-refractivity contribution in [1.29, 1.82) is 0 Å². The van der Waals surface area contributed by atoms with Gasteiger partial charge in [0, 0.05) is 10.6 Å². The van der Waals surface area contributed by atoms with Gasteiger partial charge in [-0.15, -0.1) is 0 Å². The van der Waals surface area contributed by atoms with Crippen molar-refractivity contribution >= 4 is 34.8 Å². The summed E-state index contributed by atoms with van der Waals surface area (Å²) in [5.74, 6) is -0.602. The van der Waals surface area contributed by atoms with Crippen LogP contribution in [0.25, 0.3) is 0 Å². The Balaban J connectivity index is 2.32. The fraction of sp³-hybridized carbons (Fsp3) is 0.214. The molecule has 1 aromatic heterocycles. The Morgan fingerprint density at radius 1 is 1.43 bits per heavy atom. The van der Waals surface area contributed by atoms with Crippen molar-refractivity contribution in [2.75, 3.05) is 6.61 Å². The highest BCUT2D eigenvalue weighted by atomic mass is 35.5. The van der Waals surface area contributed by atoms with Gasteiger partial charge in [-0.2, -0.15) is 4.99 Å². The highest BCUT2D eigenvalue weighted by molar-refractivity contribution is 7.11. The fourth-order valence-electron chi connectivity index (χ4n) is 1.55. The minimum absolute atomic E-state index is 0.0977. The van der Waals surface area contributed by atoms with Crippen LogP contribution in [0, 0.1) is 6.92 Å². The summed E-state index contributed by atoms with van der Waals surface area (Å²) in [6, 6.07) is 6.44. The lowest BCUT2D eigenvalue weighted by Crippen LogP contribution is -2.04. The van der Waals surface area contributed by atoms with Crippen LogP contribution in [0.2, 0.25) is 5.02 Å². The zero-order chi connectivity index (χ0) is 15.4. The molecule has 0 spiro atoms. The van der Waals surface area contributed by atoms with Gasteiger partial charge in [0.25, 0.3) is 10.8 Å². The topological polar surface area (TPSA) is 68.9 Å². The van der Waals surface area contributed by atoms with Gasteiger partial charge >= 0.3 is 5.97 Å². The summed E-state index contributed by atoms with van der Waals surface area (Å²) in [6.07, 6.45) is 0. The maximum absolute atomic E-state index is 12.0. The summed E-state index contributed by atoms with van der Waals surface area (Å²) in [5.41, 5.74) is 0.349. The van der Waals surface area contributed by atoms with Crippen molar-refractivity contribution in [2.24, 2.45) is 4.99 Å². The summed E-state index contributed by atoms with van der Waals surface area (Å²) in [6.45, 7) is 3.60. The average Bonchev–Trinajstić information content (AvgIpc) is 2.80. The molecule has 2 rings (SSSR count). The molecule has 0 bridgehead atoms. The Hall–Kier alpha value is -1.92. The van der Waals surface area contributed by atoms with Gasteiger partial charge < -0.3 is 9.15 Å². The molecule has 0 aliphatic rings. The lowest BCUT2D eigenvalue weighted by Gasteiger charge is -1.96. The lowest BCUT2D eigenvalue weighted by molar-refractivity contribution is 0.0529. The second-order valence-corrected chi connectivity index (χ2v) is 5.40.